The van der Waals surface area contributed by atoms with E-state index in [9.17, 15) is 14.4 Å². The van der Waals surface area contributed by atoms with E-state index in [4.69, 9.17) is 16.3 Å². The molecule has 2 N–H and O–H groups in total. The predicted octanol–water partition coefficient (Wildman–Crippen LogP) is 3.76. The summed E-state index contributed by atoms with van der Waals surface area (Å²) in [4.78, 5) is 35.9. The van der Waals surface area contributed by atoms with Crippen LogP contribution in [0.1, 0.15) is 23.7 Å². The van der Waals surface area contributed by atoms with E-state index in [0.717, 1.165) is 0 Å². The lowest BCUT2D eigenvalue weighted by atomic mass is 10.1. The normalized spacial score (nSPS) is 17.7. The van der Waals surface area contributed by atoms with Crippen molar-refractivity contribution in [1.82, 2.24) is 0 Å². The fourth-order valence-corrected chi connectivity index (χ4v) is 3.03. The first-order chi connectivity index (χ1) is 12.9. The predicted molar refractivity (Wildman–Crippen MR) is 103 cm³/mol. The monoisotopic (exact) mass is 386 g/mol. The van der Waals surface area contributed by atoms with Gasteiger partial charge in [0, 0.05) is 16.9 Å². The molecule has 0 aliphatic heterocycles. The quantitative estimate of drug-likeness (QED) is 0.740. The van der Waals surface area contributed by atoms with Crippen molar-refractivity contribution in [2.75, 3.05) is 17.7 Å². The Hall–Kier alpha value is -2.86. The minimum absolute atomic E-state index is 0.0366. The summed E-state index contributed by atoms with van der Waals surface area (Å²) in [5, 5.41) is 5.94. The van der Waals surface area contributed by atoms with Gasteiger partial charge in [0.15, 0.2) is 5.78 Å². The van der Waals surface area contributed by atoms with Crippen LogP contribution in [0.2, 0.25) is 5.02 Å². The van der Waals surface area contributed by atoms with Crippen LogP contribution in [0.3, 0.4) is 0 Å². The number of hydrogen-bond donors (Lipinski definition) is 2. The molecule has 27 heavy (non-hydrogen) atoms. The van der Waals surface area contributed by atoms with Gasteiger partial charge < -0.3 is 15.4 Å². The van der Waals surface area contributed by atoms with Crippen molar-refractivity contribution in [3.63, 3.8) is 0 Å². The van der Waals surface area contributed by atoms with Crippen LogP contribution in [-0.4, -0.2) is 24.7 Å². The topological polar surface area (TPSA) is 84.5 Å². The number of carbonyl (C=O) groups excluding carboxylic acids is 3. The van der Waals surface area contributed by atoms with Gasteiger partial charge in [0.2, 0.25) is 11.8 Å². The molecule has 7 heteroatoms. The van der Waals surface area contributed by atoms with Gasteiger partial charge >= 0.3 is 0 Å². The molecule has 0 bridgehead atoms. The SMILES string of the molecule is COc1ccc(NC(=O)C2CC2C(=O)Nc2ccc(C(C)=O)cc2)cc1Cl. The first kappa shape index (κ1) is 18.9. The average Bonchev–Trinajstić information content (AvgIpc) is 3.43. The molecule has 140 valence electrons. The van der Waals surface area contributed by atoms with Gasteiger partial charge in [-0.1, -0.05) is 11.6 Å². The number of methoxy groups -OCH3 is 1. The Morgan fingerprint density at radius 1 is 0.963 bits per heavy atom. The third-order valence-corrected chi connectivity index (χ3v) is 4.74. The molecule has 1 saturated carbocycles. The number of rotatable bonds is 6. The number of ether oxygens (including phenoxy) is 1. The Balaban J connectivity index is 1.55. The van der Waals surface area contributed by atoms with Crippen molar-refractivity contribution in [2.45, 2.75) is 13.3 Å². The largest absolute Gasteiger partial charge is 0.495 e. The van der Waals surface area contributed by atoms with Gasteiger partial charge in [0.05, 0.1) is 24.0 Å². The lowest BCUT2D eigenvalue weighted by molar-refractivity contribution is -0.122. The van der Waals surface area contributed by atoms with E-state index in [0.29, 0.717) is 34.1 Å². The highest BCUT2D eigenvalue weighted by Crippen LogP contribution is 2.40. The molecule has 6 nitrogen and oxygen atoms in total. The minimum Gasteiger partial charge on any atom is -0.495 e. The van der Waals surface area contributed by atoms with Gasteiger partial charge in [-0.15, -0.1) is 0 Å². The molecule has 3 rings (SSSR count). The molecule has 2 aromatic rings. The fourth-order valence-electron chi connectivity index (χ4n) is 2.78. The molecule has 0 saturated heterocycles. The number of amides is 2. The number of anilines is 2. The maximum absolute atomic E-state index is 12.3. The maximum atomic E-state index is 12.3. The van der Waals surface area contributed by atoms with Crippen molar-refractivity contribution in [2.24, 2.45) is 11.8 Å². The summed E-state index contributed by atoms with van der Waals surface area (Å²) >= 11 is 6.05. The summed E-state index contributed by atoms with van der Waals surface area (Å²) in [5.74, 6) is -0.685. The lowest BCUT2D eigenvalue weighted by Gasteiger charge is -2.08. The van der Waals surface area contributed by atoms with E-state index in [-0.39, 0.29) is 29.4 Å². The summed E-state index contributed by atoms with van der Waals surface area (Å²) in [6.07, 6.45) is 0.493. The summed E-state index contributed by atoms with van der Waals surface area (Å²) in [6.45, 7) is 1.48. The van der Waals surface area contributed by atoms with Crippen molar-refractivity contribution >= 4 is 40.6 Å². The standard InChI is InChI=1S/C20H19ClN2O4/c1-11(24)12-3-5-13(6-4-12)22-19(25)15-10-16(15)20(26)23-14-7-8-18(27-2)17(21)9-14/h3-9,15-16H,10H2,1-2H3,(H,22,25)(H,23,26). The van der Waals surface area contributed by atoms with Gasteiger partial charge in [-0.25, -0.2) is 0 Å². The zero-order chi connectivity index (χ0) is 19.6. The highest BCUT2D eigenvalue weighted by atomic mass is 35.5. The number of halogens is 1. The van der Waals surface area contributed by atoms with Gasteiger partial charge in [-0.05, 0) is 55.8 Å². The third kappa shape index (κ3) is 4.46. The molecule has 2 amide bonds. The molecule has 0 spiro atoms. The van der Waals surface area contributed by atoms with Crippen LogP contribution in [0.15, 0.2) is 42.5 Å². The number of hydrogen-bond acceptors (Lipinski definition) is 4. The van der Waals surface area contributed by atoms with E-state index < -0.39 is 0 Å². The van der Waals surface area contributed by atoms with Crippen LogP contribution in [-0.2, 0) is 9.59 Å². The van der Waals surface area contributed by atoms with Gasteiger partial charge in [0.25, 0.3) is 0 Å². The van der Waals surface area contributed by atoms with Gasteiger partial charge in [0.1, 0.15) is 5.75 Å². The van der Waals surface area contributed by atoms with Crippen molar-refractivity contribution in [3.8, 4) is 5.75 Å². The number of carbonyl (C=O) groups is 3. The first-order valence-corrected chi connectivity index (χ1v) is 8.83. The van der Waals surface area contributed by atoms with E-state index >= 15 is 0 Å². The molecule has 0 aromatic heterocycles. The molecule has 1 fully saturated rings. The van der Waals surface area contributed by atoms with Crippen LogP contribution in [0.5, 0.6) is 5.75 Å². The second-order valence-corrected chi connectivity index (χ2v) is 6.82. The number of benzene rings is 2. The van der Waals surface area contributed by atoms with E-state index in [1.807, 2.05) is 0 Å². The smallest absolute Gasteiger partial charge is 0.228 e. The van der Waals surface area contributed by atoms with Crippen LogP contribution in [0, 0.1) is 11.8 Å². The molecule has 0 heterocycles. The molecule has 2 unspecified atom stereocenters. The maximum Gasteiger partial charge on any atom is 0.228 e. The zero-order valence-corrected chi connectivity index (χ0v) is 15.7. The Kier molecular flexibility index (Phi) is 5.46. The van der Waals surface area contributed by atoms with Crippen molar-refractivity contribution in [1.29, 1.82) is 0 Å². The molecule has 1 aliphatic rings. The van der Waals surface area contributed by atoms with Crippen LogP contribution >= 0.6 is 11.6 Å². The van der Waals surface area contributed by atoms with Crippen molar-refractivity contribution in [3.05, 3.63) is 53.1 Å². The number of nitrogens with one attached hydrogen (secondary N) is 2. The Bertz CT molecular complexity index is 895. The van der Waals surface area contributed by atoms with E-state index in [2.05, 4.69) is 10.6 Å². The molecule has 0 radical (unpaired) electrons. The second kappa shape index (κ2) is 7.80. The van der Waals surface area contributed by atoms with Gasteiger partial charge in [-0.2, -0.15) is 0 Å². The molecule has 1 aliphatic carbocycles. The average molecular weight is 387 g/mol. The second-order valence-electron chi connectivity index (χ2n) is 6.41. The van der Waals surface area contributed by atoms with Crippen LogP contribution in [0.4, 0.5) is 11.4 Å². The lowest BCUT2D eigenvalue weighted by Crippen LogP contribution is -2.20. The van der Waals surface area contributed by atoms with Crippen LogP contribution in [0.25, 0.3) is 0 Å². The highest BCUT2D eigenvalue weighted by Gasteiger charge is 2.48. The Morgan fingerprint density at radius 3 is 2.04 bits per heavy atom. The van der Waals surface area contributed by atoms with Crippen molar-refractivity contribution < 1.29 is 19.1 Å². The molecular weight excluding hydrogens is 368 g/mol. The minimum atomic E-state index is -0.373. The number of ketones is 1. The number of Topliss-reactive ketones (excluding diaryl/α,β-unsaturated/α-hetero) is 1. The zero-order valence-electron chi connectivity index (χ0n) is 14.9. The summed E-state index contributed by atoms with van der Waals surface area (Å²) < 4.78 is 5.07. The van der Waals surface area contributed by atoms with E-state index in [1.54, 1.807) is 42.5 Å². The molecule has 2 atom stereocenters. The fraction of sp³-hybridized carbons (Fsp3) is 0.250. The first-order valence-electron chi connectivity index (χ1n) is 8.45. The van der Waals surface area contributed by atoms with E-state index in [1.165, 1.54) is 14.0 Å². The van der Waals surface area contributed by atoms with Crippen LogP contribution < -0.4 is 15.4 Å². The summed E-state index contributed by atoms with van der Waals surface area (Å²) in [5.41, 5.74) is 1.73. The summed E-state index contributed by atoms with van der Waals surface area (Å²) in [6, 6.07) is 11.6. The Morgan fingerprint density at radius 2 is 1.52 bits per heavy atom. The molecule has 2 aromatic carbocycles. The molecular formula is C20H19ClN2O4. The highest BCUT2D eigenvalue weighted by molar-refractivity contribution is 6.32. The summed E-state index contributed by atoms with van der Waals surface area (Å²) in [7, 11) is 1.51. The van der Waals surface area contributed by atoms with Gasteiger partial charge in [-0.3, -0.25) is 14.4 Å². The third-order valence-electron chi connectivity index (χ3n) is 4.44. The Labute approximate surface area is 161 Å².